The fourth-order valence-electron chi connectivity index (χ4n) is 3.05. The molecule has 0 saturated heterocycles. The van der Waals surface area contributed by atoms with E-state index >= 15 is 0 Å². The molecule has 5 heteroatoms. The zero-order valence-electron chi connectivity index (χ0n) is 11.7. The first-order chi connectivity index (χ1) is 9.78. The number of nitrogens with one attached hydrogen (secondary N) is 1. The van der Waals surface area contributed by atoms with Crippen LogP contribution in [0.3, 0.4) is 0 Å². The Morgan fingerprint density at radius 2 is 2.10 bits per heavy atom. The number of carbonyl (C=O) groups is 1. The monoisotopic (exact) mass is 278 g/mol. The molecule has 110 valence electrons. The molecule has 1 unspecified atom stereocenters. The summed E-state index contributed by atoms with van der Waals surface area (Å²) in [4.78, 5) is 12.2. The van der Waals surface area contributed by atoms with Crippen molar-refractivity contribution in [3.63, 3.8) is 0 Å². The first-order valence-electron chi connectivity index (χ1n) is 7.66. The molecule has 1 amide bonds. The quantitative estimate of drug-likeness (QED) is 0.866. The van der Waals surface area contributed by atoms with Gasteiger partial charge in [-0.3, -0.25) is 4.79 Å². The van der Waals surface area contributed by atoms with Gasteiger partial charge in [-0.2, -0.15) is 0 Å². The highest BCUT2D eigenvalue weighted by molar-refractivity contribution is 5.92. The number of carbonyl (C=O) groups excluding carboxylic acids is 1. The third kappa shape index (κ3) is 3.03. The third-order valence-electron chi connectivity index (χ3n) is 4.47. The van der Waals surface area contributed by atoms with E-state index in [1.165, 1.54) is 19.3 Å². The molecular formula is C15H22N2O3. The maximum atomic E-state index is 12.2. The second-order valence-electron chi connectivity index (χ2n) is 6.05. The van der Waals surface area contributed by atoms with Gasteiger partial charge in [-0.05, 0) is 31.6 Å². The Bertz CT molecular complexity index is 461. The van der Waals surface area contributed by atoms with Crippen molar-refractivity contribution in [1.29, 1.82) is 0 Å². The van der Waals surface area contributed by atoms with Gasteiger partial charge in [0.05, 0.1) is 12.6 Å². The summed E-state index contributed by atoms with van der Waals surface area (Å²) in [6.07, 6.45) is 8.04. The number of hydrogen-bond acceptors (Lipinski definition) is 4. The highest BCUT2D eigenvalue weighted by Gasteiger charge is 2.30. The molecule has 20 heavy (non-hydrogen) atoms. The van der Waals surface area contributed by atoms with Crippen molar-refractivity contribution in [2.75, 3.05) is 6.61 Å². The fraction of sp³-hybridized carbons (Fsp3) is 0.733. The molecule has 5 nitrogen and oxygen atoms in total. The highest BCUT2D eigenvalue weighted by atomic mass is 16.5. The first-order valence-corrected chi connectivity index (χ1v) is 7.66. The maximum Gasteiger partial charge on any atom is 0.273 e. The molecule has 2 fully saturated rings. The van der Waals surface area contributed by atoms with E-state index in [0.29, 0.717) is 17.5 Å². The second kappa shape index (κ2) is 5.95. The van der Waals surface area contributed by atoms with Crippen LogP contribution in [0.4, 0.5) is 0 Å². The Morgan fingerprint density at radius 3 is 2.75 bits per heavy atom. The lowest BCUT2D eigenvalue weighted by Crippen LogP contribution is -2.43. The minimum Gasteiger partial charge on any atom is -0.394 e. The summed E-state index contributed by atoms with van der Waals surface area (Å²) >= 11 is 0. The Balaban J connectivity index is 1.60. The van der Waals surface area contributed by atoms with E-state index in [1.807, 2.05) is 0 Å². The lowest BCUT2D eigenvalue weighted by molar-refractivity contribution is 0.0861. The average molecular weight is 278 g/mol. The molecule has 0 aromatic carbocycles. The van der Waals surface area contributed by atoms with Gasteiger partial charge in [0.2, 0.25) is 0 Å². The zero-order valence-corrected chi connectivity index (χ0v) is 11.7. The molecule has 0 bridgehead atoms. The molecular weight excluding hydrogens is 256 g/mol. The molecule has 2 saturated carbocycles. The third-order valence-corrected chi connectivity index (χ3v) is 4.47. The Kier molecular flexibility index (Phi) is 4.05. The van der Waals surface area contributed by atoms with Crippen LogP contribution in [0.1, 0.15) is 67.1 Å². The summed E-state index contributed by atoms with van der Waals surface area (Å²) in [5, 5.41) is 16.3. The van der Waals surface area contributed by atoms with Gasteiger partial charge in [0.25, 0.3) is 5.91 Å². The van der Waals surface area contributed by atoms with Crippen molar-refractivity contribution in [2.24, 2.45) is 5.92 Å². The minimum atomic E-state index is -0.231. The van der Waals surface area contributed by atoms with Gasteiger partial charge in [-0.1, -0.05) is 24.4 Å². The Hall–Kier alpha value is -1.36. The topological polar surface area (TPSA) is 75.4 Å². The van der Waals surface area contributed by atoms with Crippen molar-refractivity contribution in [3.05, 3.63) is 17.5 Å². The minimum absolute atomic E-state index is 0.0102. The van der Waals surface area contributed by atoms with Crippen LogP contribution in [-0.4, -0.2) is 28.8 Å². The summed E-state index contributed by atoms with van der Waals surface area (Å²) in [5.74, 6) is 1.42. The predicted molar refractivity (Wildman–Crippen MR) is 73.4 cm³/mol. The number of aliphatic hydroxyl groups is 1. The van der Waals surface area contributed by atoms with Crippen molar-refractivity contribution in [1.82, 2.24) is 10.5 Å². The van der Waals surface area contributed by atoms with Crippen molar-refractivity contribution >= 4 is 5.91 Å². The smallest absolute Gasteiger partial charge is 0.273 e. The SMILES string of the molecule is O=C(NC(CO)C1CCCCC1)c1cc(C2CC2)on1. The van der Waals surface area contributed by atoms with Crippen LogP contribution >= 0.6 is 0 Å². The van der Waals surface area contributed by atoms with Gasteiger partial charge in [-0.25, -0.2) is 0 Å². The predicted octanol–water partition coefficient (Wildman–Crippen LogP) is 2.22. The van der Waals surface area contributed by atoms with Crippen molar-refractivity contribution in [3.8, 4) is 0 Å². The van der Waals surface area contributed by atoms with Gasteiger partial charge in [0.15, 0.2) is 5.69 Å². The summed E-state index contributed by atoms with van der Waals surface area (Å²) in [6, 6.07) is 1.58. The summed E-state index contributed by atoms with van der Waals surface area (Å²) in [5.41, 5.74) is 0.334. The van der Waals surface area contributed by atoms with Gasteiger partial charge in [-0.15, -0.1) is 0 Å². The molecule has 0 radical (unpaired) electrons. The second-order valence-corrected chi connectivity index (χ2v) is 6.05. The number of hydrogen-bond donors (Lipinski definition) is 2. The molecule has 0 spiro atoms. The van der Waals surface area contributed by atoms with E-state index in [-0.39, 0.29) is 18.6 Å². The number of aromatic nitrogens is 1. The Morgan fingerprint density at radius 1 is 1.35 bits per heavy atom. The standard InChI is InChI=1S/C15H22N2O3/c18-9-13(10-4-2-1-3-5-10)16-15(19)12-8-14(20-17-12)11-6-7-11/h8,10-11,13,18H,1-7,9H2,(H,16,19). The fourth-order valence-corrected chi connectivity index (χ4v) is 3.05. The number of rotatable bonds is 5. The summed E-state index contributed by atoms with van der Waals surface area (Å²) < 4.78 is 5.20. The number of amides is 1. The van der Waals surface area contributed by atoms with Crippen LogP contribution in [0.15, 0.2) is 10.6 Å². The molecule has 3 rings (SSSR count). The van der Waals surface area contributed by atoms with Crippen molar-refractivity contribution < 1.29 is 14.4 Å². The summed E-state index contributed by atoms with van der Waals surface area (Å²) in [6.45, 7) is -0.0102. The average Bonchev–Trinajstić information content (AvgIpc) is 3.22. The van der Waals surface area contributed by atoms with Crippen LogP contribution in [0.2, 0.25) is 0 Å². The van der Waals surface area contributed by atoms with Crippen LogP contribution in [0.25, 0.3) is 0 Å². The van der Waals surface area contributed by atoms with E-state index < -0.39 is 0 Å². The molecule has 0 aliphatic heterocycles. The molecule has 1 aromatic heterocycles. The number of aliphatic hydroxyl groups excluding tert-OH is 1. The van der Waals surface area contributed by atoms with E-state index in [2.05, 4.69) is 10.5 Å². The molecule has 2 N–H and O–H groups in total. The van der Waals surface area contributed by atoms with Crippen LogP contribution < -0.4 is 5.32 Å². The zero-order chi connectivity index (χ0) is 13.9. The van der Waals surface area contributed by atoms with E-state index in [9.17, 15) is 9.90 Å². The first kappa shape index (κ1) is 13.6. The molecule has 1 heterocycles. The normalized spacial score (nSPS) is 21.6. The largest absolute Gasteiger partial charge is 0.394 e. The summed E-state index contributed by atoms with van der Waals surface area (Å²) in [7, 11) is 0. The van der Waals surface area contributed by atoms with Gasteiger partial charge in [0.1, 0.15) is 5.76 Å². The Labute approximate surface area is 118 Å². The van der Waals surface area contributed by atoms with Crippen molar-refractivity contribution in [2.45, 2.75) is 56.9 Å². The lowest BCUT2D eigenvalue weighted by atomic mass is 9.84. The van der Waals surface area contributed by atoms with E-state index in [1.54, 1.807) is 6.07 Å². The molecule has 1 aromatic rings. The van der Waals surface area contributed by atoms with E-state index in [4.69, 9.17) is 4.52 Å². The van der Waals surface area contributed by atoms with Crippen LogP contribution in [-0.2, 0) is 0 Å². The molecule has 2 aliphatic carbocycles. The van der Waals surface area contributed by atoms with Crippen LogP contribution in [0, 0.1) is 5.92 Å². The maximum absolute atomic E-state index is 12.2. The van der Waals surface area contributed by atoms with Gasteiger partial charge < -0.3 is 14.9 Å². The van der Waals surface area contributed by atoms with E-state index in [0.717, 1.165) is 31.4 Å². The van der Waals surface area contributed by atoms with Gasteiger partial charge >= 0.3 is 0 Å². The molecule has 2 aliphatic rings. The molecule has 1 atom stereocenters. The lowest BCUT2D eigenvalue weighted by Gasteiger charge is -2.29. The highest BCUT2D eigenvalue weighted by Crippen LogP contribution is 2.40. The van der Waals surface area contributed by atoms with Gasteiger partial charge in [0, 0.05) is 12.0 Å². The van der Waals surface area contributed by atoms with Crippen LogP contribution in [0.5, 0.6) is 0 Å². The number of nitrogens with zero attached hydrogens (tertiary/aromatic N) is 1.